The van der Waals surface area contributed by atoms with Crippen molar-refractivity contribution in [2.75, 3.05) is 4.72 Å². The van der Waals surface area contributed by atoms with E-state index >= 15 is 0 Å². The van der Waals surface area contributed by atoms with Crippen molar-refractivity contribution < 1.29 is 12.8 Å². The highest BCUT2D eigenvalue weighted by Crippen LogP contribution is 2.17. The highest BCUT2D eigenvalue weighted by Gasteiger charge is 2.15. The lowest BCUT2D eigenvalue weighted by Gasteiger charge is -2.06. The maximum Gasteiger partial charge on any atom is 0.263 e. The first-order chi connectivity index (χ1) is 11.4. The fraction of sp³-hybridized carbons (Fsp3) is 0.0625. The molecule has 0 aliphatic carbocycles. The number of halogens is 2. The normalized spacial score (nSPS) is 11.4. The second-order valence-electron chi connectivity index (χ2n) is 5.08. The molecule has 0 aliphatic rings. The van der Waals surface area contributed by atoms with Crippen LogP contribution >= 0.6 is 11.6 Å². The Morgan fingerprint density at radius 1 is 1.04 bits per heavy atom. The van der Waals surface area contributed by atoms with E-state index in [2.05, 4.69) is 9.82 Å². The molecule has 1 heterocycles. The second-order valence-corrected chi connectivity index (χ2v) is 7.20. The van der Waals surface area contributed by atoms with Gasteiger partial charge in [-0.05, 0) is 42.0 Å². The van der Waals surface area contributed by atoms with E-state index in [1.807, 2.05) is 0 Å². The number of nitrogens with one attached hydrogen (secondary N) is 1. The lowest BCUT2D eigenvalue weighted by atomic mass is 10.2. The summed E-state index contributed by atoms with van der Waals surface area (Å²) in [6, 6.07) is 13.4. The zero-order chi connectivity index (χ0) is 17.2. The van der Waals surface area contributed by atoms with Crippen molar-refractivity contribution in [1.29, 1.82) is 0 Å². The second kappa shape index (κ2) is 6.62. The van der Waals surface area contributed by atoms with Gasteiger partial charge in [0.05, 0.1) is 11.4 Å². The topological polar surface area (TPSA) is 64.0 Å². The molecule has 1 N–H and O–H groups in total. The Morgan fingerprint density at radius 2 is 1.71 bits per heavy atom. The molecule has 1 aromatic heterocycles. The molecule has 0 fully saturated rings. The first-order valence-electron chi connectivity index (χ1n) is 6.99. The van der Waals surface area contributed by atoms with Crippen LogP contribution in [-0.2, 0) is 16.6 Å². The van der Waals surface area contributed by atoms with E-state index in [9.17, 15) is 12.8 Å². The zero-order valence-electron chi connectivity index (χ0n) is 12.4. The minimum atomic E-state index is -3.73. The third kappa shape index (κ3) is 3.93. The molecule has 0 spiro atoms. The molecule has 124 valence electrons. The molecule has 5 nitrogen and oxygen atoms in total. The van der Waals surface area contributed by atoms with Crippen molar-refractivity contribution in [3.8, 4) is 0 Å². The van der Waals surface area contributed by atoms with Crippen LogP contribution in [0.25, 0.3) is 0 Å². The van der Waals surface area contributed by atoms with Crippen LogP contribution in [0.2, 0.25) is 5.02 Å². The fourth-order valence-electron chi connectivity index (χ4n) is 2.09. The fourth-order valence-corrected chi connectivity index (χ4v) is 3.21. The smallest absolute Gasteiger partial charge is 0.263 e. The molecule has 0 amide bonds. The Kier molecular flexibility index (Phi) is 4.55. The highest BCUT2D eigenvalue weighted by molar-refractivity contribution is 7.92. The van der Waals surface area contributed by atoms with E-state index in [4.69, 9.17) is 11.6 Å². The van der Waals surface area contributed by atoms with Gasteiger partial charge in [0.15, 0.2) is 5.82 Å². The molecule has 2 aromatic carbocycles. The largest absolute Gasteiger partial charge is 0.266 e. The van der Waals surface area contributed by atoms with Gasteiger partial charge in [0.2, 0.25) is 0 Å². The first-order valence-corrected chi connectivity index (χ1v) is 8.85. The summed E-state index contributed by atoms with van der Waals surface area (Å²) >= 11 is 5.76. The van der Waals surface area contributed by atoms with Crippen LogP contribution in [0.5, 0.6) is 0 Å². The van der Waals surface area contributed by atoms with Gasteiger partial charge in [-0.1, -0.05) is 23.7 Å². The summed E-state index contributed by atoms with van der Waals surface area (Å²) in [5.74, 6) is -0.109. The van der Waals surface area contributed by atoms with Gasteiger partial charge >= 0.3 is 0 Å². The van der Waals surface area contributed by atoms with Crippen LogP contribution < -0.4 is 4.72 Å². The van der Waals surface area contributed by atoms with Gasteiger partial charge in [-0.2, -0.15) is 5.10 Å². The molecule has 0 saturated heterocycles. The monoisotopic (exact) mass is 365 g/mol. The first kappa shape index (κ1) is 16.5. The predicted octanol–water partition coefficient (Wildman–Crippen LogP) is 3.52. The number of nitrogens with zero attached hydrogens (tertiary/aromatic N) is 2. The van der Waals surface area contributed by atoms with E-state index in [-0.39, 0.29) is 16.5 Å². The van der Waals surface area contributed by atoms with Gasteiger partial charge in [-0.15, -0.1) is 0 Å². The van der Waals surface area contributed by atoms with Crippen LogP contribution in [0.3, 0.4) is 0 Å². The van der Waals surface area contributed by atoms with Gasteiger partial charge in [0, 0.05) is 17.3 Å². The van der Waals surface area contributed by atoms with E-state index in [0.717, 1.165) is 5.56 Å². The lowest BCUT2D eigenvalue weighted by Crippen LogP contribution is -2.13. The number of hydrogen-bond acceptors (Lipinski definition) is 3. The van der Waals surface area contributed by atoms with Crippen LogP contribution in [-0.4, -0.2) is 18.2 Å². The summed E-state index contributed by atoms with van der Waals surface area (Å²) in [6.45, 7) is 0.406. The van der Waals surface area contributed by atoms with Crippen LogP contribution in [0.4, 0.5) is 10.2 Å². The van der Waals surface area contributed by atoms with Crippen molar-refractivity contribution in [2.45, 2.75) is 11.4 Å². The van der Waals surface area contributed by atoms with E-state index in [1.165, 1.54) is 36.4 Å². The average Bonchev–Trinajstić information content (AvgIpc) is 2.96. The lowest BCUT2D eigenvalue weighted by molar-refractivity contribution is 0.600. The molecule has 0 atom stereocenters. The van der Waals surface area contributed by atoms with Crippen LogP contribution in [0.1, 0.15) is 5.56 Å². The van der Waals surface area contributed by atoms with Gasteiger partial charge in [0.1, 0.15) is 5.82 Å². The molecule has 0 unspecified atom stereocenters. The van der Waals surface area contributed by atoms with Gasteiger partial charge < -0.3 is 0 Å². The van der Waals surface area contributed by atoms with Crippen molar-refractivity contribution in [2.24, 2.45) is 0 Å². The summed E-state index contributed by atoms with van der Waals surface area (Å²) in [7, 11) is -3.73. The maximum atomic E-state index is 12.9. The SMILES string of the molecule is O=S(=O)(Nc1ccn(Cc2ccc(F)cc2)n1)c1ccc(Cl)cc1. The minimum absolute atomic E-state index is 0.0972. The quantitative estimate of drug-likeness (QED) is 0.752. The Bertz CT molecular complexity index is 938. The summed E-state index contributed by atoms with van der Waals surface area (Å²) in [6.07, 6.45) is 1.64. The molecule has 0 radical (unpaired) electrons. The third-order valence-electron chi connectivity index (χ3n) is 3.26. The molecule has 8 heteroatoms. The number of sulfonamides is 1. The number of anilines is 1. The summed E-state index contributed by atoms with van der Waals surface area (Å²) in [4.78, 5) is 0.0972. The molecule has 3 aromatic rings. The molecular weight excluding hydrogens is 353 g/mol. The Labute approximate surface area is 143 Å². The van der Waals surface area contributed by atoms with Crippen LogP contribution in [0, 0.1) is 5.82 Å². The molecule has 24 heavy (non-hydrogen) atoms. The van der Waals surface area contributed by atoms with Gasteiger partial charge in [-0.25, -0.2) is 12.8 Å². The minimum Gasteiger partial charge on any atom is -0.266 e. The molecule has 0 aliphatic heterocycles. The third-order valence-corrected chi connectivity index (χ3v) is 4.88. The number of benzene rings is 2. The Morgan fingerprint density at radius 3 is 2.38 bits per heavy atom. The van der Waals surface area contributed by atoms with E-state index < -0.39 is 10.0 Å². The van der Waals surface area contributed by atoms with Crippen molar-refractivity contribution in [3.63, 3.8) is 0 Å². The summed E-state index contributed by atoms with van der Waals surface area (Å²) < 4.78 is 41.4. The van der Waals surface area contributed by atoms with E-state index in [1.54, 1.807) is 29.1 Å². The van der Waals surface area contributed by atoms with Crippen LogP contribution in [0.15, 0.2) is 65.7 Å². The number of rotatable bonds is 5. The zero-order valence-corrected chi connectivity index (χ0v) is 13.9. The van der Waals surface area contributed by atoms with Gasteiger partial charge in [0.25, 0.3) is 10.0 Å². The molecule has 0 saturated carbocycles. The summed E-state index contributed by atoms with van der Waals surface area (Å²) in [5, 5.41) is 4.62. The number of hydrogen-bond donors (Lipinski definition) is 1. The Balaban J connectivity index is 1.73. The maximum absolute atomic E-state index is 12.9. The van der Waals surface area contributed by atoms with Crippen molar-refractivity contribution in [3.05, 3.63) is 77.2 Å². The molecule has 0 bridgehead atoms. The van der Waals surface area contributed by atoms with Crippen molar-refractivity contribution in [1.82, 2.24) is 9.78 Å². The molecule has 3 rings (SSSR count). The predicted molar refractivity (Wildman–Crippen MR) is 90.0 cm³/mol. The van der Waals surface area contributed by atoms with Crippen molar-refractivity contribution >= 4 is 27.4 Å². The van der Waals surface area contributed by atoms with E-state index in [0.29, 0.717) is 11.6 Å². The van der Waals surface area contributed by atoms with Gasteiger partial charge in [-0.3, -0.25) is 9.40 Å². The summed E-state index contributed by atoms with van der Waals surface area (Å²) in [5.41, 5.74) is 0.853. The highest BCUT2D eigenvalue weighted by atomic mass is 35.5. The average molecular weight is 366 g/mol. The number of aromatic nitrogens is 2. The standard InChI is InChI=1S/C16H13ClFN3O2S/c17-13-3-7-15(8-4-13)24(22,23)20-16-9-10-21(19-16)11-12-1-5-14(18)6-2-12/h1-10H,11H2,(H,19,20). The molecular formula is C16H13ClFN3O2S. The Hall–Kier alpha value is -2.38.